The summed E-state index contributed by atoms with van der Waals surface area (Å²) in [6.07, 6.45) is 2.54. The molecule has 2 heterocycles. The molecule has 2 rings (SSSR count). The summed E-state index contributed by atoms with van der Waals surface area (Å²) in [5.74, 6) is 0. The molecule has 4 heteroatoms. The second-order valence-corrected chi connectivity index (χ2v) is 7.61. The van der Waals surface area contributed by atoms with Crippen molar-refractivity contribution >= 4 is 11.8 Å². The molecule has 100 valence electrons. The Morgan fingerprint density at radius 1 is 1.29 bits per heavy atom. The second kappa shape index (κ2) is 5.47. The molecule has 2 saturated heterocycles. The van der Waals surface area contributed by atoms with Gasteiger partial charge in [-0.3, -0.25) is 4.90 Å². The molecule has 2 N–H and O–H groups in total. The van der Waals surface area contributed by atoms with Gasteiger partial charge >= 0.3 is 0 Å². The summed E-state index contributed by atoms with van der Waals surface area (Å²) in [5.41, 5.74) is 6.31. The van der Waals surface area contributed by atoms with E-state index in [0.29, 0.717) is 6.10 Å². The fourth-order valence-corrected chi connectivity index (χ4v) is 4.64. The number of nitrogens with two attached hydrogens (primary N) is 1. The minimum Gasteiger partial charge on any atom is -0.378 e. The third kappa shape index (κ3) is 2.98. The summed E-state index contributed by atoms with van der Waals surface area (Å²) < 4.78 is 5.69. The molecule has 0 spiro atoms. The highest BCUT2D eigenvalue weighted by molar-refractivity contribution is 8.00. The lowest BCUT2D eigenvalue weighted by molar-refractivity contribution is -0.0641. The van der Waals surface area contributed by atoms with Gasteiger partial charge in [0, 0.05) is 42.3 Å². The van der Waals surface area contributed by atoms with Crippen LogP contribution in [-0.2, 0) is 4.74 Å². The highest BCUT2D eigenvalue weighted by atomic mass is 32.2. The Morgan fingerprint density at radius 2 is 1.94 bits per heavy atom. The molecule has 0 saturated carbocycles. The van der Waals surface area contributed by atoms with Crippen molar-refractivity contribution < 1.29 is 4.74 Å². The molecule has 0 amide bonds. The van der Waals surface area contributed by atoms with Crippen molar-refractivity contribution in [1.29, 1.82) is 0 Å². The van der Waals surface area contributed by atoms with Gasteiger partial charge in [0.1, 0.15) is 0 Å². The van der Waals surface area contributed by atoms with Crippen molar-refractivity contribution in [2.75, 3.05) is 26.2 Å². The quantitative estimate of drug-likeness (QED) is 0.818. The van der Waals surface area contributed by atoms with Crippen LogP contribution < -0.4 is 5.73 Å². The van der Waals surface area contributed by atoms with Gasteiger partial charge in [-0.25, -0.2) is 0 Å². The molecule has 4 unspecified atom stereocenters. The van der Waals surface area contributed by atoms with Gasteiger partial charge < -0.3 is 10.5 Å². The van der Waals surface area contributed by atoms with Gasteiger partial charge in [0.05, 0.1) is 6.10 Å². The summed E-state index contributed by atoms with van der Waals surface area (Å²) in [6, 6.07) is 0. The molecule has 4 atom stereocenters. The van der Waals surface area contributed by atoms with Crippen LogP contribution in [0.4, 0.5) is 0 Å². The number of hydrogen-bond donors (Lipinski definition) is 1. The van der Waals surface area contributed by atoms with Crippen molar-refractivity contribution in [3.05, 3.63) is 0 Å². The lowest BCUT2D eigenvalue weighted by atomic mass is 9.84. The zero-order valence-corrected chi connectivity index (χ0v) is 12.1. The SMILES string of the molecule is CC1CC(CN)(N2CC(C)SC(C)C2)CCO1. The van der Waals surface area contributed by atoms with Crippen LogP contribution in [-0.4, -0.2) is 53.3 Å². The van der Waals surface area contributed by atoms with Crippen molar-refractivity contribution in [2.24, 2.45) is 5.73 Å². The normalized spacial score (nSPS) is 44.8. The maximum Gasteiger partial charge on any atom is 0.0565 e. The Morgan fingerprint density at radius 3 is 2.47 bits per heavy atom. The number of rotatable bonds is 2. The highest BCUT2D eigenvalue weighted by Gasteiger charge is 2.42. The molecule has 3 nitrogen and oxygen atoms in total. The lowest BCUT2D eigenvalue weighted by Gasteiger charge is -2.51. The van der Waals surface area contributed by atoms with E-state index >= 15 is 0 Å². The van der Waals surface area contributed by atoms with Crippen LogP contribution in [0.2, 0.25) is 0 Å². The zero-order chi connectivity index (χ0) is 12.5. The number of ether oxygens (including phenoxy) is 1. The van der Waals surface area contributed by atoms with Crippen molar-refractivity contribution in [1.82, 2.24) is 4.90 Å². The van der Waals surface area contributed by atoms with Gasteiger partial charge in [-0.05, 0) is 19.8 Å². The molecule has 0 aromatic heterocycles. The molecular weight excluding hydrogens is 232 g/mol. The first-order valence-corrected chi connectivity index (χ1v) is 7.72. The molecule has 2 aliphatic heterocycles. The van der Waals surface area contributed by atoms with Gasteiger partial charge in [-0.2, -0.15) is 11.8 Å². The predicted molar refractivity (Wildman–Crippen MR) is 74.5 cm³/mol. The highest BCUT2D eigenvalue weighted by Crippen LogP contribution is 2.35. The minimum absolute atomic E-state index is 0.196. The van der Waals surface area contributed by atoms with Crippen LogP contribution in [0.25, 0.3) is 0 Å². The maximum absolute atomic E-state index is 6.12. The fraction of sp³-hybridized carbons (Fsp3) is 1.00. The Bertz CT molecular complexity index is 254. The largest absolute Gasteiger partial charge is 0.378 e. The first-order valence-electron chi connectivity index (χ1n) is 6.78. The topological polar surface area (TPSA) is 38.5 Å². The van der Waals surface area contributed by atoms with Gasteiger partial charge in [0.25, 0.3) is 0 Å². The molecule has 0 aromatic carbocycles. The van der Waals surface area contributed by atoms with Gasteiger partial charge in [0.15, 0.2) is 0 Å². The van der Waals surface area contributed by atoms with Crippen molar-refractivity contribution in [3.63, 3.8) is 0 Å². The average Bonchev–Trinajstić information content (AvgIpc) is 2.27. The Kier molecular flexibility index (Phi) is 4.40. The van der Waals surface area contributed by atoms with E-state index in [-0.39, 0.29) is 5.54 Å². The van der Waals surface area contributed by atoms with Gasteiger partial charge in [-0.15, -0.1) is 0 Å². The zero-order valence-electron chi connectivity index (χ0n) is 11.3. The second-order valence-electron chi connectivity index (χ2n) is 5.73. The van der Waals surface area contributed by atoms with Crippen LogP contribution in [0.3, 0.4) is 0 Å². The maximum atomic E-state index is 6.12. The first-order chi connectivity index (χ1) is 8.05. The van der Waals surface area contributed by atoms with E-state index in [2.05, 4.69) is 37.4 Å². The summed E-state index contributed by atoms with van der Waals surface area (Å²) >= 11 is 2.11. The van der Waals surface area contributed by atoms with E-state index in [1.807, 2.05) is 0 Å². The monoisotopic (exact) mass is 258 g/mol. The van der Waals surface area contributed by atoms with Crippen molar-refractivity contribution in [3.8, 4) is 0 Å². The smallest absolute Gasteiger partial charge is 0.0565 e. The standard InChI is InChI=1S/C13H26N2OS/c1-10-6-13(9-14,4-5-16-10)15-7-11(2)17-12(3)8-15/h10-12H,4-9,14H2,1-3H3. The van der Waals surface area contributed by atoms with Crippen LogP contribution in [0, 0.1) is 0 Å². The molecular formula is C13H26N2OS. The molecule has 2 aliphatic rings. The van der Waals surface area contributed by atoms with E-state index in [1.54, 1.807) is 0 Å². The average molecular weight is 258 g/mol. The summed E-state index contributed by atoms with van der Waals surface area (Å²) in [7, 11) is 0. The predicted octanol–water partition coefficient (Wildman–Crippen LogP) is 1.71. The lowest BCUT2D eigenvalue weighted by Crippen LogP contribution is -2.62. The number of nitrogens with zero attached hydrogens (tertiary/aromatic N) is 1. The van der Waals surface area contributed by atoms with E-state index in [4.69, 9.17) is 10.5 Å². The van der Waals surface area contributed by atoms with E-state index < -0.39 is 0 Å². The van der Waals surface area contributed by atoms with Crippen molar-refractivity contribution in [2.45, 2.75) is 55.8 Å². The third-order valence-corrected chi connectivity index (χ3v) is 5.33. The molecule has 0 aromatic rings. The first kappa shape index (κ1) is 13.7. The van der Waals surface area contributed by atoms with E-state index in [1.165, 1.54) is 13.1 Å². The Hall–Kier alpha value is 0.230. The third-order valence-electron chi connectivity index (χ3n) is 4.11. The van der Waals surface area contributed by atoms with Crippen LogP contribution in [0.1, 0.15) is 33.6 Å². The number of thioether (sulfide) groups is 1. The van der Waals surface area contributed by atoms with Gasteiger partial charge in [-0.1, -0.05) is 13.8 Å². The van der Waals surface area contributed by atoms with E-state index in [9.17, 15) is 0 Å². The summed E-state index contributed by atoms with van der Waals surface area (Å²) in [5, 5.41) is 1.45. The van der Waals surface area contributed by atoms with Crippen LogP contribution in [0.5, 0.6) is 0 Å². The fourth-order valence-electron chi connectivity index (χ4n) is 3.31. The summed E-state index contributed by atoms with van der Waals surface area (Å²) in [4.78, 5) is 2.65. The number of hydrogen-bond acceptors (Lipinski definition) is 4. The molecule has 0 radical (unpaired) electrons. The van der Waals surface area contributed by atoms with Gasteiger partial charge in [0.2, 0.25) is 0 Å². The molecule has 0 bridgehead atoms. The molecule has 0 aliphatic carbocycles. The van der Waals surface area contributed by atoms with E-state index in [0.717, 1.165) is 36.5 Å². The Labute approximate surface area is 109 Å². The molecule has 17 heavy (non-hydrogen) atoms. The minimum atomic E-state index is 0.196. The van der Waals surface area contributed by atoms with Crippen LogP contribution in [0.15, 0.2) is 0 Å². The molecule has 2 fully saturated rings. The van der Waals surface area contributed by atoms with Crippen LogP contribution >= 0.6 is 11.8 Å². The Balaban J connectivity index is 2.10. The summed E-state index contributed by atoms with van der Waals surface area (Å²) in [6.45, 7) is 10.8.